The van der Waals surface area contributed by atoms with E-state index in [2.05, 4.69) is 27.2 Å². The predicted octanol–water partition coefficient (Wildman–Crippen LogP) is 3.88. The maximum absolute atomic E-state index is 5.95. The summed E-state index contributed by atoms with van der Waals surface area (Å²) < 4.78 is 5.77. The lowest BCUT2D eigenvalue weighted by Crippen LogP contribution is -2.44. The van der Waals surface area contributed by atoms with Crippen molar-refractivity contribution in [3.8, 4) is 5.75 Å². The van der Waals surface area contributed by atoms with Gasteiger partial charge < -0.3 is 9.57 Å². The van der Waals surface area contributed by atoms with Crippen molar-refractivity contribution >= 4 is 17.5 Å². The molecule has 0 amide bonds. The van der Waals surface area contributed by atoms with Crippen LogP contribution in [0, 0.1) is 0 Å². The van der Waals surface area contributed by atoms with E-state index in [1.54, 1.807) is 12.4 Å². The van der Waals surface area contributed by atoms with Crippen LogP contribution in [0.2, 0.25) is 5.02 Å². The number of pyridine rings is 1. The van der Waals surface area contributed by atoms with Gasteiger partial charge in [0.05, 0.1) is 12.6 Å². The van der Waals surface area contributed by atoms with Gasteiger partial charge in [0.1, 0.15) is 11.4 Å². The number of halogens is 1. The first-order chi connectivity index (χ1) is 12.2. The fraction of sp³-hybridized carbons (Fsp3) is 0.368. The molecule has 25 heavy (non-hydrogen) atoms. The minimum atomic E-state index is -0.214. The highest BCUT2D eigenvalue weighted by Gasteiger charge is 2.43. The minimum absolute atomic E-state index is 0.214. The Kier molecular flexibility index (Phi) is 4.59. The van der Waals surface area contributed by atoms with Crippen LogP contribution in [0.5, 0.6) is 5.75 Å². The fourth-order valence-electron chi connectivity index (χ4n) is 3.32. The van der Waals surface area contributed by atoms with Crippen LogP contribution in [-0.4, -0.2) is 34.5 Å². The Hall–Kier alpha value is -2.11. The van der Waals surface area contributed by atoms with Gasteiger partial charge in [0.25, 0.3) is 0 Å². The van der Waals surface area contributed by atoms with Gasteiger partial charge in [-0.05, 0) is 29.8 Å². The summed E-state index contributed by atoms with van der Waals surface area (Å²) in [6.45, 7) is 2.91. The van der Waals surface area contributed by atoms with Crippen molar-refractivity contribution in [2.75, 3.05) is 13.1 Å². The van der Waals surface area contributed by atoms with Crippen molar-refractivity contribution < 1.29 is 9.57 Å². The normalized spacial score (nSPS) is 19.5. The van der Waals surface area contributed by atoms with Crippen molar-refractivity contribution in [3.05, 3.63) is 59.4 Å². The highest BCUT2D eigenvalue weighted by molar-refractivity contribution is 6.30. The molecule has 0 atom stereocenters. The summed E-state index contributed by atoms with van der Waals surface area (Å²) in [7, 11) is 0. The summed E-state index contributed by atoms with van der Waals surface area (Å²) in [6, 6.07) is 11.8. The van der Waals surface area contributed by atoms with Crippen molar-refractivity contribution in [3.63, 3.8) is 0 Å². The van der Waals surface area contributed by atoms with E-state index in [-0.39, 0.29) is 5.60 Å². The van der Waals surface area contributed by atoms with Gasteiger partial charge in [-0.25, -0.2) is 0 Å². The van der Waals surface area contributed by atoms with Crippen LogP contribution < -0.4 is 4.74 Å². The van der Waals surface area contributed by atoms with Gasteiger partial charge >= 0.3 is 0 Å². The molecule has 0 aliphatic carbocycles. The molecule has 1 spiro atoms. The molecule has 4 rings (SSSR count). The molecule has 2 aromatic rings. The van der Waals surface area contributed by atoms with Gasteiger partial charge in [0, 0.05) is 43.7 Å². The van der Waals surface area contributed by atoms with Gasteiger partial charge in [-0.2, -0.15) is 0 Å². The molecule has 0 radical (unpaired) electrons. The van der Waals surface area contributed by atoms with Crippen LogP contribution in [0.15, 0.2) is 53.9 Å². The number of oxime groups is 1. The molecule has 0 N–H and O–H groups in total. The molecular weight excluding hydrogens is 338 g/mol. The Morgan fingerprint density at radius 1 is 1.16 bits per heavy atom. The number of aromatic nitrogens is 1. The molecule has 5 nitrogen and oxygen atoms in total. The molecule has 2 aliphatic rings. The molecule has 1 aromatic carbocycles. The van der Waals surface area contributed by atoms with Crippen molar-refractivity contribution in [1.82, 2.24) is 9.88 Å². The van der Waals surface area contributed by atoms with Crippen LogP contribution in [0.3, 0.4) is 0 Å². The maximum atomic E-state index is 5.95. The largest absolute Gasteiger partial charge is 0.438 e. The summed E-state index contributed by atoms with van der Waals surface area (Å²) in [4.78, 5) is 12.3. The summed E-state index contributed by atoms with van der Waals surface area (Å²) >= 11 is 5.95. The van der Waals surface area contributed by atoms with E-state index >= 15 is 0 Å². The van der Waals surface area contributed by atoms with Gasteiger partial charge in [0.15, 0.2) is 0 Å². The summed E-state index contributed by atoms with van der Waals surface area (Å²) in [5.41, 5.74) is 1.07. The van der Waals surface area contributed by atoms with Crippen LogP contribution in [0.4, 0.5) is 0 Å². The molecule has 0 saturated carbocycles. The Balaban J connectivity index is 1.29. The Labute approximate surface area is 152 Å². The number of rotatable bonds is 3. The third-order valence-electron chi connectivity index (χ3n) is 4.77. The Morgan fingerprint density at radius 3 is 2.68 bits per heavy atom. The quantitative estimate of drug-likeness (QED) is 0.836. The second-order valence-corrected chi connectivity index (χ2v) is 7.07. The summed E-state index contributed by atoms with van der Waals surface area (Å²) in [6.07, 6.45) is 6.02. The van der Waals surface area contributed by atoms with E-state index in [1.807, 2.05) is 24.3 Å². The first-order valence-electron chi connectivity index (χ1n) is 8.51. The molecule has 6 heteroatoms. The lowest BCUT2D eigenvalue weighted by atomic mass is 9.88. The molecule has 0 unspecified atom stereocenters. The lowest BCUT2D eigenvalue weighted by molar-refractivity contribution is -0.0627. The third-order valence-corrected chi connectivity index (χ3v) is 5.02. The number of hydrogen-bond donors (Lipinski definition) is 0. The molecule has 1 aromatic heterocycles. The third kappa shape index (κ3) is 3.94. The first kappa shape index (κ1) is 16.4. The smallest absolute Gasteiger partial charge is 0.235 e. The van der Waals surface area contributed by atoms with E-state index in [4.69, 9.17) is 21.2 Å². The highest BCUT2D eigenvalue weighted by Crippen LogP contribution is 2.35. The zero-order valence-corrected chi connectivity index (χ0v) is 14.7. The number of ether oxygens (including phenoxy) is 1. The monoisotopic (exact) mass is 357 g/mol. The second-order valence-electron chi connectivity index (χ2n) is 6.63. The maximum Gasteiger partial charge on any atom is 0.235 e. The summed E-state index contributed by atoms with van der Waals surface area (Å²) in [5, 5.41) is 4.94. The number of nitrogens with zero attached hydrogens (tertiary/aromatic N) is 3. The van der Waals surface area contributed by atoms with E-state index in [1.165, 1.54) is 5.56 Å². The van der Waals surface area contributed by atoms with Gasteiger partial charge in [-0.15, -0.1) is 0 Å². The van der Waals surface area contributed by atoms with Gasteiger partial charge in [-0.3, -0.25) is 9.88 Å². The van der Waals surface area contributed by atoms with Gasteiger partial charge in [0.2, 0.25) is 5.90 Å². The van der Waals surface area contributed by atoms with Crippen molar-refractivity contribution in [1.29, 1.82) is 0 Å². The van der Waals surface area contributed by atoms with E-state index < -0.39 is 0 Å². The van der Waals surface area contributed by atoms with Gasteiger partial charge in [-0.1, -0.05) is 28.9 Å². The lowest BCUT2D eigenvalue weighted by Gasteiger charge is -2.36. The number of likely N-dealkylation sites (tertiary alicyclic amines) is 1. The standard InChI is InChI=1S/C19H20ClN3O2/c20-16-5-3-15(4-6-16)14-23-10-7-19(8-11-23)12-18(22-25-19)24-17-2-1-9-21-13-17/h1-6,9,13H,7-8,10-12,14H2. The number of benzene rings is 1. The minimum Gasteiger partial charge on any atom is -0.438 e. The molecule has 0 bridgehead atoms. The zero-order chi connectivity index (χ0) is 17.1. The molecule has 130 valence electrons. The zero-order valence-electron chi connectivity index (χ0n) is 13.9. The van der Waals surface area contributed by atoms with E-state index in [9.17, 15) is 0 Å². The Bertz CT molecular complexity index is 741. The van der Waals surface area contributed by atoms with Crippen LogP contribution in [-0.2, 0) is 11.4 Å². The summed E-state index contributed by atoms with van der Waals surface area (Å²) in [5.74, 6) is 1.33. The average Bonchev–Trinajstić information content (AvgIpc) is 3.02. The highest BCUT2D eigenvalue weighted by atomic mass is 35.5. The predicted molar refractivity (Wildman–Crippen MR) is 96.7 cm³/mol. The fourth-order valence-corrected chi connectivity index (χ4v) is 3.45. The van der Waals surface area contributed by atoms with Crippen molar-refractivity contribution in [2.24, 2.45) is 5.16 Å². The first-order valence-corrected chi connectivity index (χ1v) is 8.88. The second kappa shape index (κ2) is 7.02. The number of hydrogen-bond acceptors (Lipinski definition) is 5. The molecule has 1 fully saturated rings. The van der Waals surface area contributed by atoms with E-state index in [0.29, 0.717) is 11.6 Å². The topological polar surface area (TPSA) is 47.0 Å². The van der Waals surface area contributed by atoms with Crippen LogP contribution >= 0.6 is 11.6 Å². The Morgan fingerprint density at radius 2 is 1.96 bits per heavy atom. The molecule has 1 saturated heterocycles. The van der Waals surface area contributed by atoms with Crippen LogP contribution in [0.25, 0.3) is 0 Å². The molecule has 3 heterocycles. The number of piperidine rings is 1. The average molecular weight is 358 g/mol. The van der Waals surface area contributed by atoms with Crippen LogP contribution in [0.1, 0.15) is 24.8 Å². The molecular formula is C19H20ClN3O2. The van der Waals surface area contributed by atoms with Crippen molar-refractivity contribution in [2.45, 2.75) is 31.4 Å². The molecule has 2 aliphatic heterocycles. The SMILES string of the molecule is Clc1ccc(CN2CCC3(CC2)CC(Oc2cccnc2)=NO3)cc1. The van der Waals surface area contributed by atoms with E-state index in [0.717, 1.165) is 43.9 Å².